The smallest absolute Gasteiger partial charge is 0.273 e. The number of nitrogens with zero attached hydrogens (tertiary/aromatic N) is 2. The second-order valence-corrected chi connectivity index (χ2v) is 8.89. The number of hydrogen-bond donors (Lipinski definition) is 0. The zero-order chi connectivity index (χ0) is 23.5. The number of anilines is 1. The predicted molar refractivity (Wildman–Crippen MR) is 121 cm³/mol. The lowest BCUT2D eigenvalue weighted by molar-refractivity contribution is -0.385. The molecule has 1 amide bonds. The highest BCUT2D eigenvalue weighted by atomic mass is 35.5. The number of rotatable bonds is 7. The minimum Gasteiger partial charge on any atom is -0.494 e. The van der Waals surface area contributed by atoms with Gasteiger partial charge in [0.1, 0.15) is 5.75 Å². The average molecular weight is 475 g/mol. The van der Waals surface area contributed by atoms with Gasteiger partial charge in [0.15, 0.2) is 0 Å². The van der Waals surface area contributed by atoms with Gasteiger partial charge in [-0.1, -0.05) is 17.7 Å². The summed E-state index contributed by atoms with van der Waals surface area (Å²) in [5, 5.41) is 11.7. The number of hydrogen-bond acceptors (Lipinski definition) is 6. The van der Waals surface area contributed by atoms with Gasteiger partial charge in [0.25, 0.3) is 21.6 Å². The molecule has 0 bridgehead atoms. The van der Waals surface area contributed by atoms with Gasteiger partial charge in [0, 0.05) is 16.7 Å². The van der Waals surface area contributed by atoms with Crippen molar-refractivity contribution in [2.24, 2.45) is 0 Å². The third-order valence-corrected chi connectivity index (χ3v) is 6.63. The van der Waals surface area contributed by atoms with Crippen LogP contribution in [0.3, 0.4) is 0 Å². The van der Waals surface area contributed by atoms with E-state index in [1.54, 1.807) is 6.92 Å². The van der Waals surface area contributed by atoms with Gasteiger partial charge in [0.2, 0.25) is 0 Å². The molecule has 0 aromatic heterocycles. The van der Waals surface area contributed by atoms with Crippen molar-refractivity contribution in [3.05, 3.63) is 93.0 Å². The number of amides is 1. The van der Waals surface area contributed by atoms with Crippen molar-refractivity contribution in [1.82, 2.24) is 0 Å². The Kier molecular flexibility index (Phi) is 6.81. The van der Waals surface area contributed by atoms with Crippen LogP contribution in [0.25, 0.3) is 0 Å². The van der Waals surface area contributed by atoms with Crippen LogP contribution in [0.2, 0.25) is 5.02 Å². The van der Waals surface area contributed by atoms with Gasteiger partial charge < -0.3 is 4.74 Å². The first-order valence-corrected chi connectivity index (χ1v) is 11.3. The van der Waals surface area contributed by atoms with Crippen molar-refractivity contribution in [1.29, 1.82) is 0 Å². The minimum absolute atomic E-state index is 0.0549. The average Bonchev–Trinajstić information content (AvgIpc) is 2.75. The molecule has 3 rings (SSSR count). The number of carbonyl (C=O) groups is 1. The van der Waals surface area contributed by atoms with Crippen molar-refractivity contribution in [3.63, 3.8) is 0 Å². The molecule has 0 N–H and O–H groups in total. The number of nitro benzene ring substituents is 1. The Morgan fingerprint density at radius 2 is 1.69 bits per heavy atom. The van der Waals surface area contributed by atoms with Crippen molar-refractivity contribution in [2.45, 2.75) is 18.7 Å². The molecule has 0 aliphatic carbocycles. The minimum atomic E-state index is -4.38. The maximum atomic E-state index is 13.5. The summed E-state index contributed by atoms with van der Waals surface area (Å²) in [5.41, 5.74) is -0.277. The number of carbonyl (C=O) groups excluding carboxylic acids is 1. The van der Waals surface area contributed by atoms with Crippen LogP contribution < -0.4 is 9.04 Å². The maximum Gasteiger partial charge on any atom is 0.273 e. The lowest BCUT2D eigenvalue weighted by Gasteiger charge is -2.23. The van der Waals surface area contributed by atoms with E-state index in [1.807, 2.05) is 0 Å². The molecule has 10 heteroatoms. The fourth-order valence-electron chi connectivity index (χ4n) is 3.08. The van der Waals surface area contributed by atoms with Gasteiger partial charge in [-0.25, -0.2) is 8.42 Å². The van der Waals surface area contributed by atoms with E-state index < -0.39 is 20.9 Å². The van der Waals surface area contributed by atoms with E-state index in [4.69, 9.17) is 16.3 Å². The van der Waals surface area contributed by atoms with E-state index in [0.717, 1.165) is 0 Å². The van der Waals surface area contributed by atoms with E-state index in [0.29, 0.717) is 21.7 Å². The molecule has 0 fully saturated rings. The lowest BCUT2D eigenvalue weighted by atomic mass is 10.1. The summed E-state index contributed by atoms with van der Waals surface area (Å²) in [5.74, 6) is -0.427. The van der Waals surface area contributed by atoms with Gasteiger partial charge in [-0.3, -0.25) is 14.9 Å². The predicted octanol–water partition coefficient (Wildman–Crippen LogP) is 4.99. The summed E-state index contributed by atoms with van der Waals surface area (Å²) >= 11 is 5.88. The maximum absolute atomic E-state index is 13.5. The summed E-state index contributed by atoms with van der Waals surface area (Å²) in [6.07, 6.45) is 0. The molecule has 3 aromatic carbocycles. The number of halogens is 1. The molecule has 3 aromatic rings. The Labute approximate surface area is 190 Å². The van der Waals surface area contributed by atoms with Crippen LogP contribution in [-0.4, -0.2) is 25.9 Å². The van der Waals surface area contributed by atoms with Crippen LogP contribution in [0.15, 0.2) is 71.6 Å². The molecular weight excluding hydrogens is 456 g/mol. The summed E-state index contributed by atoms with van der Waals surface area (Å²) in [6, 6.07) is 15.2. The van der Waals surface area contributed by atoms with Gasteiger partial charge in [0.05, 0.1) is 27.7 Å². The summed E-state index contributed by atoms with van der Waals surface area (Å²) in [7, 11) is -4.38. The number of ether oxygens (including phenoxy) is 1. The Morgan fingerprint density at radius 3 is 2.25 bits per heavy atom. The first kappa shape index (κ1) is 23.2. The summed E-state index contributed by atoms with van der Waals surface area (Å²) < 4.78 is 33.0. The SMILES string of the molecule is CCOc1ccc(N(C(=O)c2cccc([N+](=O)[O-])c2C)S(=O)(=O)c2ccc(Cl)cc2)cc1. The summed E-state index contributed by atoms with van der Waals surface area (Å²) in [4.78, 5) is 24.0. The molecule has 166 valence electrons. The fraction of sp³-hybridized carbons (Fsp3) is 0.136. The molecule has 8 nitrogen and oxygen atoms in total. The molecule has 0 atom stereocenters. The zero-order valence-corrected chi connectivity index (χ0v) is 18.8. The Hall–Kier alpha value is -3.43. The highest BCUT2D eigenvalue weighted by molar-refractivity contribution is 7.93. The van der Waals surface area contributed by atoms with Crippen molar-refractivity contribution in [3.8, 4) is 5.75 Å². The van der Waals surface area contributed by atoms with E-state index in [-0.39, 0.29) is 27.4 Å². The molecule has 32 heavy (non-hydrogen) atoms. The van der Waals surface area contributed by atoms with Crippen LogP contribution >= 0.6 is 11.6 Å². The zero-order valence-electron chi connectivity index (χ0n) is 17.2. The Balaban J connectivity index is 2.19. The van der Waals surface area contributed by atoms with Crippen LogP contribution in [0.1, 0.15) is 22.8 Å². The first-order chi connectivity index (χ1) is 15.2. The van der Waals surface area contributed by atoms with E-state index >= 15 is 0 Å². The monoisotopic (exact) mass is 474 g/mol. The van der Waals surface area contributed by atoms with Crippen LogP contribution in [0.5, 0.6) is 5.75 Å². The topological polar surface area (TPSA) is 107 Å². The number of nitro groups is 1. The molecule has 0 aliphatic heterocycles. The second-order valence-electron chi connectivity index (χ2n) is 6.66. The summed E-state index contributed by atoms with van der Waals surface area (Å²) in [6.45, 7) is 3.62. The normalized spacial score (nSPS) is 11.1. The third-order valence-electron chi connectivity index (χ3n) is 4.65. The van der Waals surface area contributed by atoms with Crippen LogP contribution in [0, 0.1) is 17.0 Å². The molecule has 0 spiro atoms. The van der Waals surface area contributed by atoms with Crippen molar-refractivity contribution in [2.75, 3.05) is 10.9 Å². The highest BCUT2D eigenvalue weighted by Crippen LogP contribution is 2.30. The number of sulfonamides is 1. The number of benzene rings is 3. The first-order valence-electron chi connectivity index (χ1n) is 9.49. The molecule has 0 heterocycles. The van der Waals surface area contributed by atoms with Crippen LogP contribution in [0.4, 0.5) is 11.4 Å². The fourth-order valence-corrected chi connectivity index (χ4v) is 4.62. The van der Waals surface area contributed by atoms with E-state index in [1.165, 1.54) is 73.7 Å². The van der Waals surface area contributed by atoms with Gasteiger partial charge >= 0.3 is 0 Å². The molecule has 0 saturated carbocycles. The molecular formula is C22H19ClN2O6S. The van der Waals surface area contributed by atoms with Crippen LogP contribution in [-0.2, 0) is 10.0 Å². The van der Waals surface area contributed by atoms with Gasteiger partial charge in [-0.2, -0.15) is 4.31 Å². The highest BCUT2D eigenvalue weighted by Gasteiger charge is 2.33. The van der Waals surface area contributed by atoms with Crippen molar-refractivity contribution >= 4 is 38.9 Å². The molecule has 0 unspecified atom stereocenters. The Bertz CT molecular complexity index is 1260. The van der Waals surface area contributed by atoms with E-state index in [2.05, 4.69) is 0 Å². The van der Waals surface area contributed by atoms with E-state index in [9.17, 15) is 23.3 Å². The second kappa shape index (κ2) is 9.37. The van der Waals surface area contributed by atoms with Gasteiger partial charge in [-0.15, -0.1) is 0 Å². The quantitative estimate of drug-likeness (QED) is 0.352. The Morgan fingerprint density at radius 1 is 1.06 bits per heavy atom. The molecule has 0 radical (unpaired) electrons. The molecule has 0 aliphatic rings. The largest absolute Gasteiger partial charge is 0.494 e. The lowest BCUT2D eigenvalue weighted by Crippen LogP contribution is -2.37. The third kappa shape index (κ3) is 4.58. The molecule has 0 saturated heterocycles. The standard InChI is InChI=1S/C22H19ClN2O6S/c1-3-31-18-11-9-17(10-12-18)24(32(29,30)19-13-7-16(23)8-14-19)22(26)20-5-4-6-21(15(20)2)25(27)28/h4-14H,3H2,1-2H3. The van der Waals surface area contributed by atoms with Crippen molar-refractivity contribution < 1.29 is 22.9 Å². The van der Waals surface area contributed by atoms with Gasteiger partial charge in [-0.05, 0) is 68.4 Å².